The van der Waals surface area contributed by atoms with Crippen molar-refractivity contribution in [3.8, 4) is 23.8 Å². The maximum Gasteiger partial charge on any atom is 0.281 e. The fourth-order valence-corrected chi connectivity index (χ4v) is 3.76. The van der Waals surface area contributed by atoms with Crippen LogP contribution in [0.4, 0.5) is 0 Å². The van der Waals surface area contributed by atoms with Crippen LogP contribution in [-0.4, -0.2) is 24.7 Å². The van der Waals surface area contributed by atoms with Crippen molar-refractivity contribution in [1.29, 1.82) is 0 Å². The first-order valence-electron chi connectivity index (χ1n) is 7.61. The SMILES string of the molecule is C#CCn1c(=NC(=O)c2ccccc2Cl)sc2cc(OC)c(OC)cc21. The number of ether oxygens (including phenoxy) is 2. The molecule has 0 radical (unpaired) electrons. The third-order valence-corrected chi connectivity index (χ3v) is 5.11. The van der Waals surface area contributed by atoms with Gasteiger partial charge in [-0.2, -0.15) is 4.99 Å². The molecule has 2 aromatic carbocycles. The molecular formula is C19H15ClN2O3S. The van der Waals surface area contributed by atoms with Gasteiger partial charge in [-0.1, -0.05) is 41.0 Å². The Balaban J connectivity index is 2.22. The van der Waals surface area contributed by atoms with E-state index in [1.807, 2.05) is 12.1 Å². The molecule has 0 spiro atoms. The normalized spacial score (nSPS) is 11.4. The summed E-state index contributed by atoms with van der Waals surface area (Å²) in [6.07, 6.45) is 5.50. The van der Waals surface area contributed by atoms with Crippen LogP contribution >= 0.6 is 22.9 Å². The fraction of sp³-hybridized carbons (Fsp3) is 0.158. The van der Waals surface area contributed by atoms with Crippen molar-refractivity contribution < 1.29 is 14.3 Å². The average Bonchev–Trinajstić information content (AvgIpc) is 2.97. The lowest BCUT2D eigenvalue weighted by atomic mass is 10.2. The second kappa shape index (κ2) is 7.65. The quantitative estimate of drug-likeness (QED) is 0.642. The smallest absolute Gasteiger partial charge is 0.281 e. The van der Waals surface area contributed by atoms with E-state index in [4.69, 9.17) is 27.5 Å². The molecule has 5 nitrogen and oxygen atoms in total. The number of aromatic nitrogens is 1. The van der Waals surface area contributed by atoms with E-state index < -0.39 is 5.91 Å². The minimum Gasteiger partial charge on any atom is -0.493 e. The van der Waals surface area contributed by atoms with Crippen LogP contribution in [0.15, 0.2) is 41.4 Å². The zero-order chi connectivity index (χ0) is 18.7. The number of methoxy groups -OCH3 is 2. The van der Waals surface area contributed by atoms with Crippen LogP contribution in [-0.2, 0) is 6.54 Å². The number of hydrogen-bond acceptors (Lipinski definition) is 4. The van der Waals surface area contributed by atoms with Crippen LogP contribution in [0, 0.1) is 12.3 Å². The van der Waals surface area contributed by atoms with Gasteiger partial charge in [-0.3, -0.25) is 4.79 Å². The van der Waals surface area contributed by atoms with Gasteiger partial charge in [0, 0.05) is 12.1 Å². The number of nitrogens with zero attached hydrogens (tertiary/aromatic N) is 2. The fourth-order valence-electron chi connectivity index (χ4n) is 2.51. The summed E-state index contributed by atoms with van der Waals surface area (Å²) in [5, 5.41) is 0.356. The van der Waals surface area contributed by atoms with Crippen molar-refractivity contribution >= 4 is 39.1 Å². The molecule has 0 aliphatic rings. The van der Waals surface area contributed by atoms with E-state index >= 15 is 0 Å². The molecule has 0 N–H and O–H groups in total. The van der Waals surface area contributed by atoms with Gasteiger partial charge in [0.1, 0.15) is 0 Å². The number of fused-ring (bicyclic) bond motifs is 1. The molecule has 3 aromatic rings. The Morgan fingerprint density at radius 2 is 1.96 bits per heavy atom. The Kier molecular flexibility index (Phi) is 5.31. The monoisotopic (exact) mass is 386 g/mol. The zero-order valence-corrected chi connectivity index (χ0v) is 15.7. The molecule has 132 valence electrons. The first kappa shape index (κ1) is 18.1. The molecule has 3 rings (SSSR count). The van der Waals surface area contributed by atoms with Crippen molar-refractivity contribution in [2.45, 2.75) is 6.54 Å². The summed E-state index contributed by atoms with van der Waals surface area (Å²) >= 11 is 7.44. The van der Waals surface area contributed by atoms with E-state index in [0.29, 0.717) is 26.9 Å². The Labute approximate surface area is 159 Å². The number of hydrogen-bond donors (Lipinski definition) is 0. The molecule has 0 bridgehead atoms. The third kappa shape index (κ3) is 3.32. The molecule has 0 saturated carbocycles. The Bertz CT molecular complexity index is 1090. The Hall–Kier alpha value is -2.75. The van der Waals surface area contributed by atoms with Crippen molar-refractivity contribution in [3.05, 3.63) is 51.8 Å². The molecule has 1 aromatic heterocycles. The summed E-state index contributed by atoms with van der Waals surface area (Å²) in [6, 6.07) is 10.5. The lowest BCUT2D eigenvalue weighted by Crippen LogP contribution is -2.16. The molecule has 0 aliphatic carbocycles. The highest BCUT2D eigenvalue weighted by Crippen LogP contribution is 2.33. The van der Waals surface area contributed by atoms with Crippen LogP contribution in [0.3, 0.4) is 0 Å². The number of amides is 1. The Morgan fingerprint density at radius 3 is 2.62 bits per heavy atom. The maximum atomic E-state index is 12.6. The van der Waals surface area contributed by atoms with E-state index in [1.165, 1.54) is 11.3 Å². The van der Waals surface area contributed by atoms with Crippen LogP contribution in [0.5, 0.6) is 11.5 Å². The van der Waals surface area contributed by atoms with Gasteiger partial charge in [-0.25, -0.2) is 0 Å². The molecule has 0 aliphatic heterocycles. The van der Waals surface area contributed by atoms with E-state index in [2.05, 4.69) is 10.9 Å². The number of terminal acetylenes is 1. The topological polar surface area (TPSA) is 52.8 Å². The molecule has 1 heterocycles. The lowest BCUT2D eigenvalue weighted by molar-refractivity contribution is 0.0998. The number of thiazole rings is 1. The number of carbonyl (C=O) groups excluding carboxylic acids is 1. The molecule has 0 atom stereocenters. The molecular weight excluding hydrogens is 372 g/mol. The molecule has 0 saturated heterocycles. The molecule has 7 heteroatoms. The highest BCUT2D eigenvalue weighted by atomic mass is 35.5. The Morgan fingerprint density at radius 1 is 1.27 bits per heavy atom. The van der Waals surface area contributed by atoms with E-state index in [0.717, 1.165) is 10.2 Å². The molecule has 0 unspecified atom stereocenters. The summed E-state index contributed by atoms with van der Waals surface area (Å²) < 4.78 is 13.4. The van der Waals surface area contributed by atoms with Crippen LogP contribution in [0.2, 0.25) is 5.02 Å². The summed E-state index contributed by atoms with van der Waals surface area (Å²) in [7, 11) is 3.13. The maximum absolute atomic E-state index is 12.6. The largest absolute Gasteiger partial charge is 0.493 e. The van der Waals surface area contributed by atoms with E-state index in [1.54, 1.807) is 43.1 Å². The van der Waals surface area contributed by atoms with Crippen LogP contribution < -0.4 is 14.3 Å². The average molecular weight is 387 g/mol. The van der Waals surface area contributed by atoms with Gasteiger partial charge in [0.15, 0.2) is 16.3 Å². The minimum atomic E-state index is -0.424. The van der Waals surface area contributed by atoms with E-state index in [-0.39, 0.29) is 6.54 Å². The van der Waals surface area contributed by atoms with Gasteiger partial charge in [-0.15, -0.1) is 6.42 Å². The number of carbonyl (C=O) groups is 1. The first-order valence-corrected chi connectivity index (χ1v) is 8.81. The second-order valence-corrected chi connectivity index (χ2v) is 6.66. The van der Waals surface area contributed by atoms with Gasteiger partial charge in [-0.05, 0) is 12.1 Å². The molecule has 0 fully saturated rings. The first-order chi connectivity index (χ1) is 12.6. The second-order valence-electron chi connectivity index (χ2n) is 5.25. The molecule has 1 amide bonds. The third-order valence-electron chi connectivity index (χ3n) is 3.74. The number of rotatable bonds is 4. The van der Waals surface area contributed by atoms with Gasteiger partial charge in [0.25, 0.3) is 5.91 Å². The molecule has 26 heavy (non-hydrogen) atoms. The minimum absolute atomic E-state index is 0.268. The lowest BCUT2D eigenvalue weighted by Gasteiger charge is -2.08. The predicted molar refractivity (Wildman–Crippen MR) is 103 cm³/mol. The highest BCUT2D eigenvalue weighted by molar-refractivity contribution is 7.16. The number of benzene rings is 2. The zero-order valence-electron chi connectivity index (χ0n) is 14.2. The van der Waals surface area contributed by atoms with Gasteiger partial charge in [0.05, 0.1) is 41.6 Å². The van der Waals surface area contributed by atoms with E-state index in [9.17, 15) is 4.79 Å². The number of halogens is 1. The van der Waals surface area contributed by atoms with Gasteiger partial charge in [0.2, 0.25) is 0 Å². The van der Waals surface area contributed by atoms with Gasteiger partial charge >= 0.3 is 0 Å². The van der Waals surface area contributed by atoms with Crippen molar-refractivity contribution in [2.75, 3.05) is 14.2 Å². The summed E-state index contributed by atoms with van der Waals surface area (Å²) in [6.45, 7) is 0.268. The standard InChI is InChI=1S/C19H15ClN2O3S/c1-4-9-22-14-10-15(24-2)16(25-3)11-17(14)26-19(22)21-18(23)12-7-5-6-8-13(12)20/h1,5-8,10-11H,9H2,2-3H3. The summed E-state index contributed by atoms with van der Waals surface area (Å²) in [5.74, 6) is 3.34. The van der Waals surface area contributed by atoms with Crippen molar-refractivity contribution in [1.82, 2.24) is 4.57 Å². The summed E-state index contributed by atoms with van der Waals surface area (Å²) in [4.78, 5) is 17.3. The van der Waals surface area contributed by atoms with Crippen LogP contribution in [0.1, 0.15) is 10.4 Å². The van der Waals surface area contributed by atoms with Crippen LogP contribution in [0.25, 0.3) is 10.2 Å². The summed E-state index contributed by atoms with van der Waals surface area (Å²) in [5.41, 5.74) is 1.16. The highest BCUT2D eigenvalue weighted by Gasteiger charge is 2.14. The van der Waals surface area contributed by atoms with Crippen molar-refractivity contribution in [3.63, 3.8) is 0 Å². The van der Waals surface area contributed by atoms with Crippen molar-refractivity contribution in [2.24, 2.45) is 4.99 Å². The predicted octanol–water partition coefficient (Wildman–Crippen LogP) is 3.75. The van der Waals surface area contributed by atoms with Gasteiger partial charge < -0.3 is 14.0 Å².